The predicted octanol–water partition coefficient (Wildman–Crippen LogP) is 2.68. The average molecular weight is 264 g/mol. The Bertz CT molecular complexity index is 426. The third kappa shape index (κ3) is 2.43. The number of nitrogens with zero attached hydrogens (tertiary/aromatic N) is 2. The molecule has 106 valence electrons. The summed E-state index contributed by atoms with van der Waals surface area (Å²) in [6.45, 7) is 3.87. The second-order valence-corrected chi connectivity index (χ2v) is 6.09. The van der Waals surface area contributed by atoms with Gasteiger partial charge in [-0.25, -0.2) is 4.98 Å². The van der Waals surface area contributed by atoms with Crippen LogP contribution in [0.2, 0.25) is 0 Å². The fourth-order valence-corrected chi connectivity index (χ4v) is 3.50. The summed E-state index contributed by atoms with van der Waals surface area (Å²) in [5.74, 6) is 0.321. The Balaban J connectivity index is 1.72. The first-order valence-electron chi connectivity index (χ1n) is 7.56. The molecule has 2 heterocycles. The van der Waals surface area contributed by atoms with Gasteiger partial charge in [0, 0.05) is 13.2 Å². The largest absolute Gasteiger partial charge is 0.387 e. The van der Waals surface area contributed by atoms with Crippen LogP contribution in [0.3, 0.4) is 0 Å². The molecule has 2 atom stereocenters. The average Bonchev–Trinajstić information content (AvgIpc) is 2.85. The lowest BCUT2D eigenvalue weighted by atomic mass is 9.70. The SMILES string of the molecule is CCCn1cncc1C(O)C1CCOC2(CCC2)C1. The van der Waals surface area contributed by atoms with Crippen molar-refractivity contribution in [3.63, 3.8) is 0 Å². The Morgan fingerprint density at radius 3 is 3.11 bits per heavy atom. The molecule has 0 bridgehead atoms. The Labute approximate surface area is 114 Å². The van der Waals surface area contributed by atoms with Crippen molar-refractivity contribution in [2.45, 2.75) is 63.7 Å². The summed E-state index contributed by atoms with van der Waals surface area (Å²) in [6, 6.07) is 0. The van der Waals surface area contributed by atoms with Crippen LogP contribution in [0.25, 0.3) is 0 Å². The lowest BCUT2D eigenvalue weighted by Gasteiger charge is -2.48. The molecule has 1 N–H and O–H groups in total. The third-order valence-electron chi connectivity index (χ3n) is 4.75. The van der Waals surface area contributed by atoms with Gasteiger partial charge in [0.05, 0.1) is 29.9 Å². The molecule has 1 aliphatic heterocycles. The Hall–Kier alpha value is -0.870. The summed E-state index contributed by atoms with van der Waals surface area (Å²) in [5.41, 5.74) is 1.07. The van der Waals surface area contributed by atoms with Crippen molar-refractivity contribution in [2.75, 3.05) is 6.61 Å². The summed E-state index contributed by atoms with van der Waals surface area (Å²) >= 11 is 0. The highest BCUT2D eigenvalue weighted by Crippen LogP contribution is 2.47. The maximum atomic E-state index is 10.7. The molecule has 2 fully saturated rings. The van der Waals surface area contributed by atoms with E-state index in [0.29, 0.717) is 5.92 Å². The number of aryl methyl sites for hydroxylation is 1. The van der Waals surface area contributed by atoms with Gasteiger partial charge in [-0.05, 0) is 44.4 Å². The molecule has 1 aromatic rings. The van der Waals surface area contributed by atoms with Gasteiger partial charge < -0.3 is 14.4 Å². The zero-order valence-electron chi connectivity index (χ0n) is 11.7. The molecule has 1 saturated heterocycles. The van der Waals surface area contributed by atoms with Gasteiger partial charge in [-0.2, -0.15) is 0 Å². The number of rotatable bonds is 4. The lowest BCUT2D eigenvalue weighted by Crippen LogP contribution is -2.46. The number of hydrogen-bond donors (Lipinski definition) is 1. The van der Waals surface area contributed by atoms with Crippen LogP contribution in [0.5, 0.6) is 0 Å². The molecule has 0 aromatic carbocycles. The smallest absolute Gasteiger partial charge is 0.0985 e. The van der Waals surface area contributed by atoms with E-state index in [-0.39, 0.29) is 5.60 Å². The monoisotopic (exact) mass is 264 g/mol. The minimum atomic E-state index is -0.393. The summed E-state index contributed by atoms with van der Waals surface area (Å²) < 4.78 is 8.03. The van der Waals surface area contributed by atoms with Crippen LogP contribution in [0.4, 0.5) is 0 Å². The quantitative estimate of drug-likeness (QED) is 0.909. The minimum absolute atomic E-state index is 0.0967. The van der Waals surface area contributed by atoms with E-state index in [1.807, 2.05) is 12.5 Å². The first kappa shape index (κ1) is 13.1. The molecule has 19 heavy (non-hydrogen) atoms. The van der Waals surface area contributed by atoms with E-state index in [4.69, 9.17) is 4.74 Å². The van der Waals surface area contributed by atoms with E-state index in [9.17, 15) is 5.11 Å². The van der Waals surface area contributed by atoms with Gasteiger partial charge in [0.15, 0.2) is 0 Å². The molecule has 0 radical (unpaired) electrons. The second-order valence-electron chi connectivity index (χ2n) is 6.09. The highest BCUT2D eigenvalue weighted by atomic mass is 16.5. The van der Waals surface area contributed by atoms with Crippen molar-refractivity contribution in [1.82, 2.24) is 9.55 Å². The van der Waals surface area contributed by atoms with E-state index in [2.05, 4.69) is 16.5 Å². The molecule has 1 aromatic heterocycles. The molecule has 1 saturated carbocycles. The Kier molecular flexibility index (Phi) is 3.63. The third-order valence-corrected chi connectivity index (χ3v) is 4.75. The number of hydrogen-bond acceptors (Lipinski definition) is 3. The molecule has 3 rings (SSSR count). The van der Waals surface area contributed by atoms with Gasteiger partial charge in [0.2, 0.25) is 0 Å². The van der Waals surface area contributed by atoms with Crippen LogP contribution >= 0.6 is 0 Å². The topological polar surface area (TPSA) is 47.3 Å². The number of aliphatic hydroxyl groups excluding tert-OH is 1. The maximum Gasteiger partial charge on any atom is 0.0985 e. The van der Waals surface area contributed by atoms with Gasteiger partial charge >= 0.3 is 0 Å². The molecule has 2 aliphatic rings. The van der Waals surface area contributed by atoms with E-state index >= 15 is 0 Å². The molecule has 4 heteroatoms. The standard InChI is InChI=1S/C15H24N2O2/c1-2-7-17-11-16-10-13(17)14(18)12-4-8-19-15(9-12)5-3-6-15/h10-12,14,18H,2-9H2,1H3. The predicted molar refractivity (Wildman–Crippen MR) is 72.7 cm³/mol. The molecule has 1 aliphatic carbocycles. The molecule has 0 amide bonds. The maximum absolute atomic E-state index is 10.7. The second kappa shape index (κ2) is 5.25. The zero-order chi connectivity index (χ0) is 13.3. The number of aromatic nitrogens is 2. The number of aliphatic hydroxyl groups is 1. The van der Waals surface area contributed by atoms with Gasteiger partial charge in [-0.3, -0.25) is 0 Å². The molecular formula is C15H24N2O2. The van der Waals surface area contributed by atoms with Crippen molar-refractivity contribution in [2.24, 2.45) is 5.92 Å². The van der Waals surface area contributed by atoms with E-state index in [1.54, 1.807) is 0 Å². The number of imidazole rings is 1. The first-order chi connectivity index (χ1) is 9.24. The van der Waals surface area contributed by atoms with Gasteiger partial charge in [0.1, 0.15) is 0 Å². The van der Waals surface area contributed by atoms with Crippen molar-refractivity contribution < 1.29 is 9.84 Å². The van der Waals surface area contributed by atoms with Gasteiger partial charge in [-0.1, -0.05) is 6.92 Å². The van der Waals surface area contributed by atoms with Gasteiger partial charge in [0.25, 0.3) is 0 Å². The van der Waals surface area contributed by atoms with Crippen LogP contribution in [0.1, 0.15) is 57.2 Å². The van der Waals surface area contributed by atoms with Crippen LogP contribution < -0.4 is 0 Å². The summed E-state index contributed by atoms with van der Waals surface area (Å²) in [7, 11) is 0. The summed E-state index contributed by atoms with van der Waals surface area (Å²) in [6.07, 6.45) is 9.91. The highest BCUT2D eigenvalue weighted by Gasteiger charge is 2.44. The van der Waals surface area contributed by atoms with Crippen LogP contribution in [-0.2, 0) is 11.3 Å². The molecular weight excluding hydrogens is 240 g/mol. The minimum Gasteiger partial charge on any atom is -0.387 e. The molecule has 1 spiro atoms. The number of ether oxygens (including phenoxy) is 1. The highest BCUT2D eigenvalue weighted by molar-refractivity contribution is 5.07. The van der Waals surface area contributed by atoms with E-state index in [0.717, 1.165) is 38.1 Å². The fourth-order valence-electron chi connectivity index (χ4n) is 3.50. The zero-order valence-corrected chi connectivity index (χ0v) is 11.7. The van der Waals surface area contributed by atoms with Crippen LogP contribution in [-0.4, -0.2) is 26.9 Å². The first-order valence-corrected chi connectivity index (χ1v) is 7.56. The van der Waals surface area contributed by atoms with Crippen LogP contribution in [0.15, 0.2) is 12.5 Å². The van der Waals surface area contributed by atoms with Crippen molar-refractivity contribution in [3.05, 3.63) is 18.2 Å². The lowest BCUT2D eigenvalue weighted by molar-refractivity contribution is -0.157. The normalized spacial score (nSPS) is 27.2. The van der Waals surface area contributed by atoms with Crippen molar-refractivity contribution in [3.8, 4) is 0 Å². The van der Waals surface area contributed by atoms with Gasteiger partial charge in [-0.15, -0.1) is 0 Å². The Morgan fingerprint density at radius 2 is 2.42 bits per heavy atom. The summed E-state index contributed by atoms with van der Waals surface area (Å²) in [4.78, 5) is 4.20. The molecule has 4 nitrogen and oxygen atoms in total. The van der Waals surface area contributed by atoms with Crippen molar-refractivity contribution >= 4 is 0 Å². The van der Waals surface area contributed by atoms with E-state index in [1.165, 1.54) is 19.3 Å². The fraction of sp³-hybridized carbons (Fsp3) is 0.800. The van der Waals surface area contributed by atoms with Crippen LogP contribution in [0, 0.1) is 5.92 Å². The van der Waals surface area contributed by atoms with Crippen molar-refractivity contribution in [1.29, 1.82) is 0 Å². The molecule has 2 unspecified atom stereocenters. The van der Waals surface area contributed by atoms with E-state index < -0.39 is 6.10 Å². The summed E-state index contributed by atoms with van der Waals surface area (Å²) in [5, 5.41) is 10.7. The Morgan fingerprint density at radius 1 is 1.58 bits per heavy atom.